The minimum Gasteiger partial charge on any atom is -0.481 e. The Morgan fingerprint density at radius 3 is 2.63 bits per heavy atom. The van der Waals surface area contributed by atoms with E-state index in [2.05, 4.69) is 37.4 Å². The first-order chi connectivity index (χ1) is 8.90. The Kier molecular flexibility index (Phi) is 5.83. The molecule has 1 unspecified atom stereocenters. The van der Waals surface area contributed by atoms with Gasteiger partial charge >= 0.3 is 5.97 Å². The second-order valence-electron chi connectivity index (χ2n) is 5.20. The van der Waals surface area contributed by atoms with Gasteiger partial charge in [-0.2, -0.15) is 0 Å². The molecular weight excluding hydrogens is 242 g/mol. The van der Waals surface area contributed by atoms with Crippen molar-refractivity contribution in [2.24, 2.45) is 0 Å². The summed E-state index contributed by atoms with van der Waals surface area (Å²) in [5, 5.41) is 21.4. The van der Waals surface area contributed by atoms with E-state index in [0.717, 1.165) is 11.3 Å². The van der Waals surface area contributed by atoms with Crippen molar-refractivity contribution in [1.82, 2.24) is 0 Å². The van der Waals surface area contributed by atoms with Crippen LogP contribution in [0, 0.1) is 6.92 Å². The second kappa shape index (κ2) is 7.14. The van der Waals surface area contributed by atoms with Crippen molar-refractivity contribution in [2.45, 2.75) is 45.6 Å². The Hall–Kier alpha value is -1.55. The van der Waals surface area contributed by atoms with Crippen LogP contribution in [0.1, 0.15) is 43.7 Å². The van der Waals surface area contributed by atoms with Crippen molar-refractivity contribution < 1.29 is 15.0 Å². The van der Waals surface area contributed by atoms with Gasteiger partial charge in [-0.1, -0.05) is 26.0 Å². The summed E-state index contributed by atoms with van der Waals surface area (Å²) < 4.78 is 0. The number of carboxylic acid groups (broad SMARTS) is 1. The molecule has 1 atom stereocenters. The number of aryl methyl sites for hydroxylation is 1. The number of nitrogens with one attached hydrogen (secondary N) is 1. The van der Waals surface area contributed by atoms with Gasteiger partial charge in [0, 0.05) is 18.7 Å². The zero-order chi connectivity index (χ0) is 14.4. The highest BCUT2D eigenvalue weighted by molar-refractivity contribution is 5.66. The second-order valence-corrected chi connectivity index (χ2v) is 5.20. The summed E-state index contributed by atoms with van der Waals surface area (Å²) in [6, 6.07) is 6.25. The highest BCUT2D eigenvalue weighted by atomic mass is 16.4. The molecule has 0 saturated heterocycles. The minimum absolute atomic E-state index is 0.00609. The molecule has 1 aromatic rings. The number of carbonyl (C=O) groups is 1. The maximum Gasteiger partial charge on any atom is 0.303 e. The molecule has 0 aromatic heterocycles. The van der Waals surface area contributed by atoms with Crippen LogP contribution in [-0.2, 0) is 4.79 Å². The molecule has 19 heavy (non-hydrogen) atoms. The Labute approximate surface area is 114 Å². The van der Waals surface area contributed by atoms with E-state index < -0.39 is 12.1 Å². The number of hydrogen-bond acceptors (Lipinski definition) is 3. The summed E-state index contributed by atoms with van der Waals surface area (Å²) in [5.41, 5.74) is 3.36. The van der Waals surface area contributed by atoms with Gasteiger partial charge in [-0.25, -0.2) is 0 Å². The molecule has 1 rings (SSSR count). The first kappa shape index (κ1) is 15.5. The summed E-state index contributed by atoms with van der Waals surface area (Å²) >= 11 is 0. The van der Waals surface area contributed by atoms with Crippen LogP contribution in [0.15, 0.2) is 18.2 Å². The number of anilines is 1. The first-order valence-corrected chi connectivity index (χ1v) is 6.64. The van der Waals surface area contributed by atoms with Gasteiger partial charge in [0.15, 0.2) is 0 Å². The van der Waals surface area contributed by atoms with Gasteiger partial charge < -0.3 is 15.5 Å². The van der Waals surface area contributed by atoms with Gasteiger partial charge in [-0.15, -0.1) is 0 Å². The van der Waals surface area contributed by atoms with Crippen LogP contribution in [0.5, 0.6) is 0 Å². The monoisotopic (exact) mass is 265 g/mol. The molecule has 4 nitrogen and oxygen atoms in total. The van der Waals surface area contributed by atoms with E-state index in [1.54, 1.807) is 0 Å². The number of hydrogen-bond donors (Lipinski definition) is 3. The lowest BCUT2D eigenvalue weighted by Gasteiger charge is -2.16. The van der Waals surface area contributed by atoms with Crippen LogP contribution in [-0.4, -0.2) is 28.8 Å². The summed E-state index contributed by atoms with van der Waals surface area (Å²) in [6.45, 7) is 6.65. The highest BCUT2D eigenvalue weighted by Gasteiger charge is 2.08. The Bertz CT molecular complexity index is 429. The Morgan fingerprint density at radius 1 is 1.37 bits per heavy atom. The van der Waals surface area contributed by atoms with E-state index in [0.29, 0.717) is 12.5 Å². The zero-order valence-electron chi connectivity index (χ0n) is 11.8. The quantitative estimate of drug-likeness (QED) is 0.709. The van der Waals surface area contributed by atoms with Crippen molar-refractivity contribution in [2.75, 3.05) is 11.9 Å². The maximum atomic E-state index is 10.4. The molecule has 0 amide bonds. The fourth-order valence-corrected chi connectivity index (χ4v) is 1.81. The van der Waals surface area contributed by atoms with Crippen LogP contribution < -0.4 is 5.32 Å². The fraction of sp³-hybridized carbons (Fsp3) is 0.533. The van der Waals surface area contributed by atoms with Gasteiger partial charge in [0.1, 0.15) is 0 Å². The lowest BCUT2D eigenvalue weighted by molar-refractivity contribution is -0.137. The summed E-state index contributed by atoms with van der Waals surface area (Å²) in [5.74, 6) is -0.421. The topological polar surface area (TPSA) is 69.6 Å². The molecule has 0 heterocycles. The SMILES string of the molecule is Cc1ccc(C(C)C)cc1NCC(O)CCC(=O)O. The molecule has 3 N–H and O–H groups in total. The van der Waals surface area contributed by atoms with E-state index in [1.165, 1.54) is 5.56 Å². The lowest BCUT2D eigenvalue weighted by atomic mass is 10.0. The minimum atomic E-state index is -0.878. The maximum absolute atomic E-state index is 10.4. The van der Waals surface area contributed by atoms with E-state index in [9.17, 15) is 9.90 Å². The molecule has 4 heteroatoms. The lowest BCUT2D eigenvalue weighted by Crippen LogP contribution is -2.20. The van der Waals surface area contributed by atoms with Crippen molar-refractivity contribution in [3.8, 4) is 0 Å². The van der Waals surface area contributed by atoms with E-state index in [4.69, 9.17) is 5.11 Å². The summed E-state index contributed by atoms with van der Waals surface area (Å²) in [4.78, 5) is 10.4. The molecule has 0 radical (unpaired) electrons. The van der Waals surface area contributed by atoms with Crippen LogP contribution >= 0.6 is 0 Å². The third-order valence-electron chi connectivity index (χ3n) is 3.15. The normalized spacial score (nSPS) is 12.5. The van der Waals surface area contributed by atoms with Crippen molar-refractivity contribution in [3.05, 3.63) is 29.3 Å². The van der Waals surface area contributed by atoms with Crippen LogP contribution in [0.25, 0.3) is 0 Å². The first-order valence-electron chi connectivity index (χ1n) is 6.64. The summed E-state index contributed by atoms with van der Waals surface area (Å²) in [6.07, 6.45) is -0.378. The molecule has 0 fully saturated rings. The van der Waals surface area contributed by atoms with Crippen molar-refractivity contribution in [1.29, 1.82) is 0 Å². The van der Waals surface area contributed by atoms with Crippen LogP contribution in [0.4, 0.5) is 5.69 Å². The largest absolute Gasteiger partial charge is 0.481 e. The van der Waals surface area contributed by atoms with Crippen LogP contribution in [0.3, 0.4) is 0 Å². The number of aliphatic carboxylic acids is 1. The van der Waals surface area contributed by atoms with Gasteiger partial charge in [-0.3, -0.25) is 4.79 Å². The molecule has 1 aromatic carbocycles. The molecule has 0 aliphatic rings. The Morgan fingerprint density at radius 2 is 2.05 bits per heavy atom. The predicted molar refractivity (Wildman–Crippen MR) is 76.6 cm³/mol. The van der Waals surface area contributed by atoms with Gasteiger partial charge in [-0.05, 0) is 36.5 Å². The molecule has 0 saturated carbocycles. The average molecular weight is 265 g/mol. The smallest absolute Gasteiger partial charge is 0.303 e. The van der Waals surface area contributed by atoms with Gasteiger partial charge in [0.2, 0.25) is 0 Å². The number of rotatable bonds is 7. The molecule has 0 spiro atoms. The number of aliphatic hydroxyl groups excluding tert-OH is 1. The number of aliphatic hydroxyl groups is 1. The fourth-order valence-electron chi connectivity index (χ4n) is 1.81. The molecule has 0 aliphatic heterocycles. The molecule has 106 valence electrons. The van der Waals surface area contributed by atoms with Crippen molar-refractivity contribution >= 4 is 11.7 Å². The zero-order valence-corrected chi connectivity index (χ0v) is 11.8. The van der Waals surface area contributed by atoms with Gasteiger partial charge in [0.05, 0.1) is 6.10 Å². The van der Waals surface area contributed by atoms with Crippen molar-refractivity contribution in [3.63, 3.8) is 0 Å². The number of benzene rings is 1. The molecular formula is C15H23NO3. The predicted octanol–water partition coefficient (Wildman–Crippen LogP) is 2.76. The third-order valence-corrected chi connectivity index (χ3v) is 3.15. The van der Waals surface area contributed by atoms with Crippen LogP contribution in [0.2, 0.25) is 0 Å². The number of carboxylic acids is 1. The summed E-state index contributed by atoms with van der Waals surface area (Å²) in [7, 11) is 0. The van der Waals surface area contributed by atoms with E-state index in [-0.39, 0.29) is 12.8 Å². The van der Waals surface area contributed by atoms with E-state index in [1.807, 2.05) is 6.92 Å². The molecule has 0 bridgehead atoms. The Balaban J connectivity index is 2.56. The average Bonchev–Trinajstić information content (AvgIpc) is 2.35. The molecule has 0 aliphatic carbocycles. The highest BCUT2D eigenvalue weighted by Crippen LogP contribution is 2.22. The standard InChI is InChI=1S/C15H23NO3/c1-10(2)12-5-4-11(3)14(8-12)16-9-13(17)6-7-15(18)19/h4-5,8,10,13,16-17H,6-7,9H2,1-3H3,(H,18,19). The van der Waals surface area contributed by atoms with Gasteiger partial charge in [0.25, 0.3) is 0 Å². The third kappa shape index (κ3) is 5.30. The van der Waals surface area contributed by atoms with E-state index >= 15 is 0 Å².